The Kier molecular flexibility index (Phi) is 2.02. The van der Waals surface area contributed by atoms with E-state index < -0.39 is 0 Å². The van der Waals surface area contributed by atoms with Crippen LogP contribution in [0.15, 0.2) is 33.8 Å². The highest BCUT2D eigenvalue weighted by Gasteiger charge is 2.01. The lowest BCUT2D eigenvalue weighted by molar-refractivity contribution is 1.24. The van der Waals surface area contributed by atoms with Crippen molar-refractivity contribution in [2.75, 3.05) is 0 Å². The first kappa shape index (κ1) is 8.26. The molecule has 1 N–H and O–H groups in total. The second kappa shape index (κ2) is 3.18. The number of aromatic amines is 1. The number of H-pyrrole nitrogens is 1. The highest BCUT2D eigenvalue weighted by Crippen LogP contribution is 2.23. The van der Waals surface area contributed by atoms with Crippen LogP contribution in [0.5, 0.6) is 0 Å². The SMILES string of the molecule is Cc1cscc1-c1cccc(=O)[nH]1. The Balaban J connectivity index is 2.59. The summed E-state index contributed by atoms with van der Waals surface area (Å²) in [4.78, 5) is 13.8. The fourth-order valence-corrected chi connectivity index (χ4v) is 2.09. The van der Waals surface area contributed by atoms with Crippen molar-refractivity contribution in [3.05, 3.63) is 44.9 Å². The van der Waals surface area contributed by atoms with Crippen LogP contribution >= 0.6 is 11.3 Å². The van der Waals surface area contributed by atoms with Gasteiger partial charge in [0.05, 0.1) is 0 Å². The maximum absolute atomic E-state index is 11.0. The molecule has 0 unspecified atom stereocenters. The quantitative estimate of drug-likeness (QED) is 0.737. The molecular formula is C10H9NOS. The van der Waals surface area contributed by atoms with Crippen LogP contribution in [0.3, 0.4) is 0 Å². The largest absolute Gasteiger partial charge is 0.322 e. The predicted octanol–water partition coefficient (Wildman–Crippen LogP) is 2.41. The number of aryl methyl sites for hydroxylation is 1. The maximum Gasteiger partial charge on any atom is 0.248 e. The zero-order valence-electron chi connectivity index (χ0n) is 7.20. The number of thiophene rings is 1. The van der Waals surface area contributed by atoms with Crippen molar-refractivity contribution >= 4 is 11.3 Å². The zero-order chi connectivity index (χ0) is 9.26. The van der Waals surface area contributed by atoms with Gasteiger partial charge in [0.1, 0.15) is 0 Å². The fourth-order valence-electron chi connectivity index (χ4n) is 1.24. The summed E-state index contributed by atoms with van der Waals surface area (Å²) in [5.74, 6) is 0. The zero-order valence-corrected chi connectivity index (χ0v) is 8.02. The number of hydrogen-bond acceptors (Lipinski definition) is 2. The summed E-state index contributed by atoms with van der Waals surface area (Å²) in [5.41, 5.74) is 3.16. The maximum atomic E-state index is 11.0. The van der Waals surface area contributed by atoms with E-state index >= 15 is 0 Å². The van der Waals surface area contributed by atoms with Crippen molar-refractivity contribution in [2.45, 2.75) is 6.92 Å². The molecular weight excluding hydrogens is 182 g/mol. The summed E-state index contributed by atoms with van der Waals surface area (Å²) < 4.78 is 0. The molecule has 2 heterocycles. The van der Waals surface area contributed by atoms with E-state index in [1.807, 2.05) is 18.4 Å². The van der Waals surface area contributed by atoms with Crippen molar-refractivity contribution in [1.29, 1.82) is 0 Å². The molecule has 0 saturated carbocycles. The summed E-state index contributed by atoms with van der Waals surface area (Å²) in [6.07, 6.45) is 0. The number of aromatic nitrogens is 1. The third-order valence-electron chi connectivity index (χ3n) is 1.91. The molecule has 0 bridgehead atoms. The van der Waals surface area contributed by atoms with Gasteiger partial charge in [-0.05, 0) is 23.9 Å². The molecule has 2 aromatic heterocycles. The molecule has 0 aliphatic rings. The standard InChI is InChI=1S/C10H9NOS/c1-7-5-13-6-8(7)9-3-2-4-10(12)11-9/h2-6H,1H3,(H,11,12). The Morgan fingerprint density at radius 2 is 2.15 bits per heavy atom. The summed E-state index contributed by atoms with van der Waals surface area (Å²) in [5, 5.41) is 4.11. The van der Waals surface area contributed by atoms with E-state index in [-0.39, 0.29) is 5.56 Å². The Bertz CT molecular complexity index is 470. The smallest absolute Gasteiger partial charge is 0.248 e. The van der Waals surface area contributed by atoms with Crippen molar-refractivity contribution < 1.29 is 0 Å². The van der Waals surface area contributed by atoms with E-state index in [9.17, 15) is 4.79 Å². The van der Waals surface area contributed by atoms with Crippen LogP contribution in [-0.4, -0.2) is 4.98 Å². The normalized spacial score (nSPS) is 10.2. The molecule has 3 heteroatoms. The van der Waals surface area contributed by atoms with E-state index in [2.05, 4.69) is 10.4 Å². The second-order valence-electron chi connectivity index (χ2n) is 2.90. The molecule has 2 rings (SSSR count). The molecule has 2 aromatic rings. The highest BCUT2D eigenvalue weighted by atomic mass is 32.1. The lowest BCUT2D eigenvalue weighted by Gasteiger charge is -1.98. The Hall–Kier alpha value is -1.35. The monoisotopic (exact) mass is 191 g/mol. The van der Waals surface area contributed by atoms with Crippen LogP contribution in [0.2, 0.25) is 0 Å². The summed E-state index contributed by atoms with van der Waals surface area (Å²) >= 11 is 1.64. The molecule has 0 atom stereocenters. The highest BCUT2D eigenvalue weighted by molar-refractivity contribution is 7.08. The van der Waals surface area contributed by atoms with Gasteiger partial charge in [0.25, 0.3) is 0 Å². The van der Waals surface area contributed by atoms with E-state index in [0.29, 0.717) is 0 Å². The molecule has 0 aliphatic carbocycles. The molecule has 0 aliphatic heterocycles. The van der Waals surface area contributed by atoms with Gasteiger partial charge in [-0.15, -0.1) is 0 Å². The van der Waals surface area contributed by atoms with Crippen molar-refractivity contribution in [2.24, 2.45) is 0 Å². The summed E-state index contributed by atoms with van der Waals surface area (Å²) in [6, 6.07) is 5.20. The summed E-state index contributed by atoms with van der Waals surface area (Å²) in [7, 11) is 0. The minimum absolute atomic E-state index is 0.0527. The van der Waals surface area contributed by atoms with Gasteiger partial charge in [-0.25, -0.2) is 0 Å². The van der Waals surface area contributed by atoms with Gasteiger partial charge in [-0.1, -0.05) is 6.07 Å². The molecule has 0 amide bonds. The van der Waals surface area contributed by atoms with Crippen LogP contribution in [0, 0.1) is 6.92 Å². The molecule has 66 valence electrons. The van der Waals surface area contributed by atoms with Crippen LogP contribution in [-0.2, 0) is 0 Å². The minimum atomic E-state index is -0.0527. The molecule has 0 spiro atoms. The van der Waals surface area contributed by atoms with E-state index in [1.165, 1.54) is 11.6 Å². The molecule has 0 saturated heterocycles. The molecule has 13 heavy (non-hydrogen) atoms. The average Bonchev–Trinajstić information content (AvgIpc) is 2.51. The summed E-state index contributed by atoms with van der Waals surface area (Å²) in [6.45, 7) is 2.04. The third-order valence-corrected chi connectivity index (χ3v) is 2.78. The third kappa shape index (κ3) is 1.55. The van der Waals surface area contributed by atoms with Crippen LogP contribution in [0.25, 0.3) is 11.3 Å². The van der Waals surface area contributed by atoms with Crippen LogP contribution in [0.4, 0.5) is 0 Å². The first-order valence-corrected chi connectivity index (χ1v) is 4.94. The van der Waals surface area contributed by atoms with Gasteiger partial charge in [-0.2, -0.15) is 11.3 Å². The van der Waals surface area contributed by atoms with Crippen molar-refractivity contribution in [1.82, 2.24) is 4.98 Å². The lowest BCUT2D eigenvalue weighted by atomic mass is 10.1. The minimum Gasteiger partial charge on any atom is -0.322 e. The van der Waals surface area contributed by atoms with Crippen LogP contribution in [0.1, 0.15) is 5.56 Å². The first-order valence-electron chi connectivity index (χ1n) is 4.00. The lowest BCUT2D eigenvalue weighted by Crippen LogP contribution is -2.03. The number of pyridine rings is 1. The molecule has 2 nitrogen and oxygen atoms in total. The van der Waals surface area contributed by atoms with Gasteiger partial charge in [0, 0.05) is 22.7 Å². The van der Waals surface area contributed by atoms with Crippen molar-refractivity contribution in [3.8, 4) is 11.3 Å². The van der Waals surface area contributed by atoms with Gasteiger partial charge >= 0.3 is 0 Å². The first-order chi connectivity index (χ1) is 6.27. The Morgan fingerprint density at radius 1 is 1.31 bits per heavy atom. The van der Waals surface area contributed by atoms with E-state index in [0.717, 1.165) is 11.3 Å². The van der Waals surface area contributed by atoms with Gasteiger partial charge in [0.15, 0.2) is 0 Å². The number of nitrogens with one attached hydrogen (secondary N) is 1. The van der Waals surface area contributed by atoms with Gasteiger partial charge in [0.2, 0.25) is 5.56 Å². The van der Waals surface area contributed by atoms with Crippen molar-refractivity contribution in [3.63, 3.8) is 0 Å². The predicted molar refractivity (Wildman–Crippen MR) is 55.1 cm³/mol. The van der Waals surface area contributed by atoms with Gasteiger partial charge in [-0.3, -0.25) is 4.79 Å². The van der Waals surface area contributed by atoms with Gasteiger partial charge < -0.3 is 4.98 Å². The van der Waals surface area contributed by atoms with Crippen LogP contribution < -0.4 is 5.56 Å². The molecule has 0 aromatic carbocycles. The molecule has 0 fully saturated rings. The Morgan fingerprint density at radius 3 is 2.77 bits per heavy atom. The number of hydrogen-bond donors (Lipinski definition) is 1. The Labute approximate surface area is 79.9 Å². The van der Waals surface area contributed by atoms with E-state index in [1.54, 1.807) is 17.4 Å². The van der Waals surface area contributed by atoms with E-state index in [4.69, 9.17) is 0 Å². The second-order valence-corrected chi connectivity index (χ2v) is 3.64. The fraction of sp³-hybridized carbons (Fsp3) is 0.100. The average molecular weight is 191 g/mol. The topological polar surface area (TPSA) is 32.9 Å². The molecule has 0 radical (unpaired) electrons. The number of rotatable bonds is 1.